The van der Waals surface area contributed by atoms with E-state index in [0.29, 0.717) is 5.75 Å². The van der Waals surface area contributed by atoms with Gasteiger partial charge in [0.2, 0.25) is 0 Å². The standard InChI is InChI=1S/C24H20F3N3O3S/c1-23(13-16-11-12-28-14-20(16)15-3-7-18(33-2)8-4-15)21(31)30(22(32)29-23)17-5-9-19(10-6-17)34-24(25,26)27/h3-12,14H,13H2,1-2H3,(H,29,32). The van der Waals surface area contributed by atoms with E-state index < -0.39 is 23.0 Å². The number of imide groups is 1. The number of carbonyl (C=O) groups is 2. The number of benzene rings is 2. The molecule has 0 spiro atoms. The van der Waals surface area contributed by atoms with Gasteiger partial charge < -0.3 is 10.1 Å². The van der Waals surface area contributed by atoms with Gasteiger partial charge in [-0.1, -0.05) is 12.1 Å². The number of rotatable bonds is 6. The van der Waals surface area contributed by atoms with E-state index >= 15 is 0 Å². The molecular formula is C24H20F3N3O3S. The molecular weight excluding hydrogens is 467 g/mol. The molecule has 0 bridgehead atoms. The smallest absolute Gasteiger partial charge is 0.446 e. The number of hydrogen-bond donors (Lipinski definition) is 1. The maximum Gasteiger partial charge on any atom is 0.446 e. The first kappa shape index (κ1) is 23.6. The Hall–Kier alpha value is -3.53. The van der Waals surface area contributed by atoms with Gasteiger partial charge in [0.15, 0.2) is 0 Å². The molecule has 0 radical (unpaired) electrons. The van der Waals surface area contributed by atoms with E-state index in [2.05, 4.69) is 10.3 Å². The second kappa shape index (κ2) is 9.02. The first-order chi connectivity index (χ1) is 16.1. The summed E-state index contributed by atoms with van der Waals surface area (Å²) in [6.45, 7) is 1.62. The molecule has 1 N–H and O–H groups in total. The van der Waals surface area contributed by atoms with Crippen molar-refractivity contribution in [3.05, 3.63) is 72.6 Å². The van der Waals surface area contributed by atoms with Crippen LogP contribution in [0, 0.1) is 0 Å². The minimum Gasteiger partial charge on any atom is -0.497 e. The molecule has 6 nitrogen and oxygen atoms in total. The van der Waals surface area contributed by atoms with Crippen LogP contribution < -0.4 is 15.0 Å². The number of thioether (sulfide) groups is 1. The number of alkyl halides is 3. The van der Waals surface area contributed by atoms with Crippen LogP contribution in [0.1, 0.15) is 12.5 Å². The molecule has 3 amide bonds. The summed E-state index contributed by atoms with van der Waals surface area (Å²) in [6, 6.07) is 13.7. The maximum absolute atomic E-state index is 13.3. The van der Waals surface area contributed by atoms with Crippen molar-refractivity contribution in [3.8, 4) is 16.9 Å². The third-order valence-electron chi connectivity index (χ3n) is 5.45. The predicted molar refractivity (Wildman–Crippen MR) is 123 cm³/mol. The molecule has 0 aliphatic carbocycles. The fraction of sp³-hybridized carbons (Fsp3) is 0.208. The number of urea groups is 1. The summed E-state index contributed by atoms with van der Waals surface area (Å²) < 4.78 is 43.0. The molecule has 1 aromatic heterocycles. The Morgan fingerprint density at radius 1 is 1.06 bits per heavy atom. The lowest BCUT2D eigenvalue weighted by molar-refractivity contribution is -0.121. The molecule has 176 valence electrons. The number of nitrogens with zero attached hydrogens (tertiary/aromatic N) is 2. The van der Waals surface area contributed by atoms with Crippen LogP contribution in [0.25, 0.3) is 11.1 Å². The lowest BCUT2D eigenvalue weighted by Crippen LogP contribution is -2.46. The van der Waals surface area contributed by atoms with Crippen molar-refractivity contribution < 1.29 is 27.5 Å². The Labute approximate surface area is 198 Å². The van der Waals surface area contributed by atoms with E-state index in [1.807, 2.05) is 24.3 Å². The van der Waals surface area contributed by atoms with Crippen molar-refractivity contribution in [1.82, 2.24) is 10.3 Å². The topological polar surface area (TPSA) is 71.5 Å². The van der Waals surface area contributed by atoms with Gasteiger partial charge in [-0.3, -0.25) is 9.78 Å². The number of ether oxygens (including phenoxy) is 1. The third kappa shape index (κ3) is 4.86. The highest BCUT2D eigenvalue weighted by Gasteiger charge is 2.48. The quantitative estimate of drug-likeness (QED) is 0.371. The van der Waals surface area contributed by atoms with E-state index in [9.17, 15) is 22.8 Å². The van der Waals surface area contributed by atoms with Crippen molar-refractivity contribution >= 4 is 29.4 Å². The van der Waals surface area contributed by atoms with Gasteiger partial charge in [-0.15, -0.1) is 0 Å². The van der Waals surface area contributed by atoms with Crippen LogP contribution in [0.5, 0.6) is 5.75 Å². The van der Waals surface area contributed by atoms with Crippen molar-refractivity contribution in [2.24, 2.45) is 0 Å². The number of pyridine rings is 1. The first-order valence-corrected chi connectivity index (χ1v) is 11.0. The number of nitrogens with one attached hydrogen (secondary N) is 1. The van der Waals surface area contributed by atoms with Crippen molar-refractivity contribution in [2.45, 2.75) is 29.3 Å². The monoisotopic (exact) mass is 487 g/mol. The molecule has 0 saturated carbocycles. The maximum atomic E-state index is 13.3. The van der Waals surface area contributed by atoms with E-state index in [1.54, 1.807) is 32.5 Å². The summed E-state index contributed by atoms with van der Waals surface area (Å²) in [4.78, 5) is 31.1. The van der Waals surface area contributed by atoms with Gasteiger partial charge >= 0.3 is 11.5 Å². The number of aromatic nitrogens is 1. The van der Waals surface area contributed by atoms with Crippen LogP contribution in [0.2, 0.25) is 0 Å². The predicted octanol–water partition coefficient (Wildman–Crippen LogP) is 5.43. The third-order valence-corrected chi connectivity index (χ3v) is 6.19. The van der Waals surface area contributed by atoms with Crippen LogP contribution in [0.15, 0.2) is 71.9 Å². The summed E-state index contributed by atoms with van der Waals surface area (Å²) >= 11 is -0.261. The Morgan fingerprint density at radius 2 is 1.74 bits per heavy atom. The molecule has 1 atom stereocenters. The van der Waals surface area contributed by atoms with Crippen molar-refractivity contribution in [1.29, 1.82) is 0 Å². The lowest BCUT2D eigenvalue weighted by atomic mass is 9.89. The summed E-state index contributed by atoms with van der Waals surface area (Å²) in [6.07, 6.45) is 3.50. The number of carbonyl (C=O) groups excluding carboxylic acids is 2. The van der Waals surface area contributed by atoms with Crippen LogP contribution >= 0.6 is 11.8 Å². The molecule has 34 heavy (non-hydrogen) atoms. The average Bonchev–Trinajstić information content (AvgIpc) is 3.01. The molecule has 1 unspecified atom stereocenters. The highest BCUT2D eigenvalue weighted by molar-refractivity contribution is 8.00. The number of amides is 3. The SMILES string of the molecule is COc1ccc(-c2cnccc2CC2(C)NC(=O)N(c3ccc(SC(F)(F)F)cc3)C2=O)cc1. The van der Waals surface area contributed by atoms with Gasteiger partial charge in [0.05, 0.1) is 12.8 Å². The average molecular weight is 488 g/mol. The van der Waals surface area contributed by atoms with Crippen LogP contribution in [0.3, 0.4) is 0 Å². The fourth-order valence-corrected chi connectivity index (χ4v) is 4.36. The Balaban J connectivity index is 1.58. The van der Waals surface area contributed by atoms with Gasteiger partial charge in [-0.2, -0.15) is 13.2 Å². The van der Waals surface area contributed by atoms with E-state index in [1.165, 1.54) is 24.3 Å². The van der Waals surface area contributed by atoms with Gasteiger partial charge in [0.25, 0.3) is 5.91 Å². The van der Waals surface area contributed by atoms with Crippen LogP contribution in [0.4, 0.5) is 23.7 Å². The molecule has 1 fully saturated rings. The number of halogens is 3. The van der Waals surface area contributed by atoms with Gasteiger partial charge in [-0.05, 0) is 72.3 Å². The normalized spacial score (nSPS) is 18.2. The number of hydrogen-bond acceptors (Lipinski definition) is 5. The Morgan fingerprint density at radius 3 is 2.35 bits per heavy atom. The minimum absolute atomic E-state index is 0.0352. The Bertz CT molecular complexity index is 1220. The minimum atomic E-state index is -4.42. The van der Waals surface area contributed by atoms with Crippen LogP contribution in [-0.4, -0.2) is 35.1 Å². The highest BCUT2D eigenvalue weighted by Crippen LogP contribution is 2.38. The second-order valence-electron chi connectivity index (χ2n) is 7.88. The summed E-state index contributed by atoms with van der Waals surface area (Å²) in [5.41, 5.74) is -3.00. The molecule has 3 aromatic rings. The zero-order chi connectivity index (χ0) is 24.5. The zero-order valence-electron chi connectivity index (χ0n) is 18.2. The molecule has 1 aliphatic rings. The second-order valence-corrected chi connectivity index (χ2v) is 9.02. The first-order valence-electron chi connectivity index (χ1n) is 10.2. The van der Waals surface area contributed by atoms with Gasteiger partial charge in [0.1, 0.15) is 11.3 Å². The number of anilines is 1. The molecule has 4 rings (SSSR count). The zero-order valence-corrected chi connectivity index (χ0v) is 19.0. The highest BCUT2D eigenvalue weighted by atomic mass is 32.2. The Kier molecular flexibility index (Phi) is 6.26. The lowest BCUT2D eigenvalue weighted by Gasteiger charge is -2.23. The largest absolute Gasteiger partial charge is 0.497 e. The van der Waals surface area contributed by atoms with E-state index in [0.717, 1.165) is 21.6 Å². The van der Waals surface area contributed by atoms with Gasteiger partial charge in [0, 0.05) is 29.3 Å². The fourth-order valence-electron chi connectivity index (χ4n) is 3.82. The van der Waals surface area contributed by atoms with Gasteiger partial charge in [-0.25, -0.2) is 9.69 Å². The molecule has 2 aromatic carbocycles. The van der Waals surface area contributed by atoms with Crippen molar-refractivity contribution in [2.75, 3.05) is 12.0 Å². The molecule has 1 aliphatic heterocycles. The molecule has 1 saturated heterocycles. The van der Waals surface area contributed by atoms with E-state index in [4.69, 9.17) is 4.74 Å². The summed E-state index contributed by atoms with van der Waals surface area (Å²) in [7, 11) is 1.58. The van der Waals surface area contributed by atoms with Crippen LogP contribution in [-0.2, 0) is 11.2 Å². The van der Waals surface area contributed by atoms with E-state index in [-0.39, 0.29) is 28.8 Å². The number of methoxy groups -OCH3 is 1. The summed E-state index contributed by atoms with van der Waals surface area (Å²) in [5, 5.41) is 2.74. The molecule has 2 heterocycles. The molecule has 10 heteroatoms. The van der Waals surface area contributed by atoms with Crippen molar-refractivity contribution in [3.63, 3.8) is 0 Å². The summed E-state index contributed by atoms with van der Waals surface area (Å²) in [5.74, 6) is 0.209.